The second-order valence-electron chi connectivity index (χ2n) is 12.3. The number of allylic oxidation sites excluding steroid dienone is 1. The van der Waals surface area contributed by atoms with E-state index in [4.69, 9.17) is 9.47 Å². The van der Waals surface area contributed by atoms with Crippen molar-refractivity contribution in [3.63, 3.8) is 0 Å². The molecule has 7 nitrogen and oxygen atoms in total. The van der Waals surface area contributed by atoms with Gasteiger partial charge < -0.3 is 19.7 Å². The molecular formula is C33H34O7. The van der Waals surface area contributed by atoms with E-state index in [0.29, 0.717) is 12.0 Å². The smallest absolute Gasteiger partial charge is 0.338 e. The van der Waals surface area contributed by atoms with Gasteiger partial charge in [0.15, 0.2) is 17.5 Å². The van der Waals surface area contributed by atoms with E-state index in [-0.39, 0.29) is 46.7 Å². The van der Waals surface area contributed by atoms with Crippen LogP contribution < -0.4 is 0 Å². The van der Waals surface area contributed by atoms with Crippen LogP contribution in [0.1, 0.15) is 47.9 Å². The van der Waals surface area contributed by atoms with E-state index in [2.05, 4.69) is 13.8 Å². The zero-order valence-electron chi connectivity index (χ0n) is 22.8. The van der Waals surface area contributed by atoms with Crippen LogP contribution in [0.3, 0.4) is 0 Å². The molecule has 0 heterocycles. The highest BCUT2D eigenvalue weighted by Crippen LogP contribution is 2.71. The fraction of sp³-hybridized carbons (Fsp3) is 0.424. The number of carbonyl (C=O) groups excluding carboxylic acids is 3. The monoisotopic (exact) mass is 542 g/mol. The Hall–Kier alpha value is -3.55. The summed E-state index contributed by atoms with van der Waals surface area (Å²) in [5.41, 5.74) is -2.89. The fourth-order valence-electron chi connectivity index (χ4n) is 7.78. The molecule has 8 atom stereocenters. The molecule has 0 radical (unpaired) electrons. The lowest BCUT2D eigenvalue weighted by molar-refractivity contribution is -0.189. The third kappa shape index (κ3) is 3.67. The maximum absolute atomic E-state index is 14.5. The van der Waals surface area contributed by atoms with Gasteiger partial charge in [-0.2, -0.15) is 0 Å². The van der Waals surface area contributed by atoms with Gasteiger partial charge in [-0.3, -0.25) is 4.79 Å². The Morgan fingerprint density at radius 2 is 1.57 bits per heavy atom. The van der Waals surface area contributed by atoms with Crippen LogP contribution in [0.4, 0.5) is 0 Å². The molecule has 1 spiro atoms. The van der Waals surface area contributed by atoms with Crippen molar-refractivity contribution in [1.29, 1.82) is 0 Å². The number of hydrogen-bond acceptors (Lipinski definition) is 7. The summed E-state index contributed by atoms with van der Waals surface area (Å²) < 4.78 is 11.4. The Morgan fingerprint density at radius 1 is 0.975 bits per heavy atom. The molecule has 2 aromatic rings. The van der Waals surface area contributed by atoms with Gasteiger partial charge in [-0.25, -0.2) is 9.59 Å². The zero-order chi connectivity index (χ0) is 28.4. The standard InChI is InChI=1S/C33H34O7/c1-19-16-24-26(31(24,2)3)23-17-22(18-39-29(36)20-10-6-4-7-11-20)27(34)33(38)25(14-15-32(19,33)28(23)35)40-30(37)21-12-8-5-9-13-21/h4-15,17,19,23-27,34,38H,16,18H2,1-3H3/t19-,23+,24-,25+,26+,27-,32+,33-/m1/s1. The van der Waals surface area contributed by atoms with E-state index in [9.17, 15) is 24.6 Å². The van der Waals surface area contributed by atoms with Crippen LogP contribution in [0.15, 0.2) is 84.5 Å². The number of hydrogen-bond donors (Lipinski definition) is 2. The van der Waals surface area contributed by atoms with Crippen LogP contribution >= 0.6 is 0 Å². The first-order chi connectivity index (χ1) is 19.0. The summed E-state index contributed by atoms with van der Waals surface area (Å²) in [6, 6.07) is 16.9. The summed E-state index contributed by atoms with van der Waals surface area (Å²) in [7, 11) is 0. The first-order valence-corrected chi connectivity index (χ1v) is 13.9. The van der Waals surface area contributed by atoms with Crippen LogP contribution in [-0.2, 0) is 14.3 Å². The molecular weight excluding hydrogens is 508 g/mol. The third-order valence-corrected chi connectivity index (χ3v) is 10.0. The van der Waals surface area contributed by atoms with E-state index in [1.807, 2.05) is 6.92 Å². The number of aliphatic hydroxyl groups is 2. The van der Waals surface area contributed by atoms with Crippen molar-refractivity contribution in [2.75, 3.05) is 6.61 Å². The number of rotatable bonds is 5. The van der Waals surface area contributed by atoms with Crippen LogP contribution in [-0.4, -0.2) is 52.4 Å². The van der Waals surface area contributed by atoms with Crippen molar-refractivity contribution >= 4 is 17.7 Å². The molecule has 2 N–H and O–H groups in total. The third-order valence-electron chi connectivity index (χ3n) is 10.0. The van der Waals surface area contributed by atoms with Gasteiger partial charge in [-0.1, -0.05) is 69.3 Å². The van der Waals surface area contributed by atoms with E-state index in [1.165, 1.54) is 6.08 Å². The molecule has 2 aromatic carbocycles. The van der Waals surface area contributed by atoms with Crippen molar-refractivity contribution < 1.29 is 34.1 Å². The van der Waals surface area contributed by atoms with Crippen LogP contribution in [0.5, 0.6) is 0 Å². The lowest BCUT2D eigenvalue weighted by Gasteiger charge is -2.48. The highest BCUT2D eigenvalue weighted by atomic mass is 16.6. The molecule has 0 aromatic heterocycles. The normalized spacial score (nSPS) is 36.8. The highest BCUT2D eigenvalue weighted by molar-refractivity contribution is 5.96. The van der Waals surface area contributed by atoms with Gasteiger partial charge in [-0.15, -0.1) is 0 Å². The van der Waals surface area contributed by atoms with Gasteiger partial charge in [0.05, 0.1) is 16.5 Å². The maximum atomic E-state index is 14.5. The van der Waals surface area contributed by atoms with E-state index in [0.717, 1.165) is 0 Å². The Bertz CT molecular complexity index is 1410. The van der Waals surface area contributed by atoms with Crippen LogP contribution in [0, 0.1) is 34.5 Å². The average molecular weight is 543 g/mol. The highest BCUT2D eigenvalue weighted by Gasteiger charge is 2.75. The van der Waals surface area contributed by atoms with Crippen molar-refractivity contribution in [2.24, 2.45) is 34.5 Å². The van der Waals surface area contributed by atoms with E-state index >= 15 is 0 Å². The summed E-state index contributed by atoms with van der Waals surface area (Å²) in [5.74, 6) is -2.11. The first-order valence-electron chi connectivity index (χ1n) is 13.9. The second kappa shape index (κ2) is 9.25. The number of esters is 2. The molecule has 0 unspecified atom stereocenters. The van der Waals surface area contributed by atoms with E-state index in [1.54, 1.807) is 72.8 Å². The maximum Gasteiger partial charge on any atom is 0.338 e. The number of carbonyl (C=O) groups is 3. The van der Waals surface area contributed by atoms with Gasteiger partial charge in [0.25, 0.3) is 0 Å². The zero-order valence-corrected chi connectivity index (χ0v) is 22.8. The van der Waals surface area contributed by atoms with Crippen molar-refractivity contribution in [1.82, 2.24) is 0 Å². The molecule has 6 rings (SSSR count). The minimum Gasteiger partial charge on any atom is -0.457 e. The quantitative estimate of drug-likeness (QED) is 0.431. The number of benzene rings is 2. The Labute approximate surface area is 233 Å². The molecule has 2 saturated carbocycles. The molecule has 208 valence electrons. The lowest BCUT2D eigenvalue weighted by Crippen LogP contribution is -2.65. The largest absolute Gasteiger partial charge is 0.457 e. The Morgan fingerprint density at radius 3 is 2.20 bits per heavy atom. The predicted octanol–water partition coefficient (Wildman–Crippen LogP) is 4.15. The fourth-order valence-corrected chi connectivity index (χ4v) is 7.78. The minimum atomic E-state index is -2.19. The first kappa shape index (κ1) is 26.7. The van der Waals surface area contributed by atoms with Gasteiger partial charge in [0, 0.05) is 5.92 Å². The number of aliphatic hydroxyl groups excluding tert-OH is 1. The average Bonchev–Trinajstić information content (AvgIpc) is 3.40. The second-order valence-corrected chi connectivity index (χ2v) is 12.3. The summed E-state index contributed by atoms with van der Waals surface area (Å²) in [6.45, 7) is 5.90. The molecule has 0 amide bonds. The molecule has 2 fully saturated rings. The number of ketones is 1. The molecule has 0 aliphatic heterocycles. The van der Waals surface area contributed by atoms with Gasteiger partial charge in [-0.05, 0) is 65.5 Å². The van der Waals surface area contributed by atoms with Crippen LogP contribution in [0.25, 0.3) is 0 Å². The van der Waals surface area contributed by atoms with E-state index < -0.39 is 41.1 Å². The Kier molecular flexibility index (Phi) is 6.16. The summed E-state index contributed by atoms with van der Waals surface area (Å²) in [6.07, 6.45) is 2.66. The van der Waals surface area contributed by atoms with Gasteiger partial charge in [0.1, 0.15) is 12.7 Å². The van der Waals surface area contributed by atoms with Gasteiger partial charge in [0.2, 0.25) is 0 Å². The number of ether oxygens (including phenoxy) is 2. The summed E-state index contributed by atoms with van der Waals surface area (Å²) in [5, 5.41) is 24.5. The van der Waals surface area contributed by atoms with Gasteiger partial charge >= 0.3 is 11.9 Å². The SMILES string of the molecule is C[C@@H]1C[C@@H]2[C@H]([C@@H]3C=C(COC(=O)c4ccccc4)[C@@H](O)[C@]4(O)[C@@H](OC(=O)c5ccccc5)C=C[C@@]14C3=O)C2(C)C. The molecule has 0 saturated heterocycles. The van der Waals surface area contributed by atoms with Crippen molar-refractivity contribution in [3.8, 4) is 0 Å². The molecule has 4 aliphatic carbocycles. The van der Waals surface area contributed by atoms with Crippen molar-refractivity contribution in [2.45, 2.75) is 45.0 Å². The van der Waals surface area contributed by atoms with Crippen molar-refractivity contribution in [3.05, 3.63) is 95.6 Å². The number of Topliss-reactive ketones (excluding diaryl/α,β-unsaturated/α-hetero) is 1. The summed E-state index contributed by atoms with van der Waals surface area (Å²) in [4.78, 5) is 40.4. The minimum absolute atomic E-state index is 0.0236. The number of fused-ring (bicyclic) bond motifs is 3. The predicted molar refractivity (Wildman–Crippen MR) is 146 cm³/mol. The molecule has 4 aliphatic rings. The molecule has 2 bridgehead atoms. The topological polar surface area (TPSA) is 110 Å². The summed E-state index contributed by atoms with van der Waals surface area (Å²) >= 11 is 0. The Balaban J connectivity index is 1.40. The molecule has 40 heavy (non-hydrogen) atoms. The van der Waals surface area contributed by atoms with Crippen LogP contribution in [0.2, 0.25) is 0 Å². The lowest BCUT2D eigenvalue weighted by atomic mass is 9.59. The molecule has 7 heteroatoms.